The van der Waals surface area contributed by atoms with Gasteiger partial charge in [0.15, 0.2) is 29.6 Å². The fourth-order valence-electron chi connectivity index (χ4n) is 9.71. The minimum atomic E-state index is -4.60. The minimum absolute atomic E-state index is 0.00506. The lowest BCUT2D eigenvalue weighted by Gasteiger charge is -2.28. The Morgan fingerprint density at radius 2 is 1.32 bits per heavy atom. The fourth-order valence-corrected chi connectivity index (χ4v) is 16.5. The summed E-state index contributed by atoms with van der Waals surface area (Å²) in [4.78, 5) is 66.9. The summed E-state index contributed by atoms with van der Waals surface area (Å²) in [7, 11) is 0. The van der Waals surface area contributed by atoms with Gasteiger partial charge in [-0.3, -0.25) is 41.8 Å². The van der Waals surface area contributed by atoms with E-state index < -0.39 is 87.1 Å². The van der Waals surface area contributed by atoms with Crippen LogP contribution in [0.3, 0.4) is 0 Å². The standard InChI is InChI=1S/C58H64FN7O14P2S2/c1-3-4-5-6-7-8-9-10-29-73-43-25-21-42(22-26-43)57(69)76-44-23-15-39(16-24-44)34-83-81(71)75-32-47-50(59)53(56(78-47)65-28-27-48(67)64-58(65)70)80-82(72,84-33-38-13-19-41(20-14-38)52(68)40-17-11-37(2)12-18-40)74-31-46-45(79-81)30-49(77-46)66-36-63-51-54(60)61-35-62-55(51)66/h11-28,35-36,45-47,49-50,53,56H,3-10,29-34H2,1-2H3,(H2,60,61,62)(H,64,67,70)/t45-,46+,47+,49+,50+,53+,56+,81?,82?/m0/s1. The van der Waals surface area contributed by atoms with Gasteiger partial charge < -0.3 is 24.7 Å². The molecule has 4 aromatic carbocycles. The van der Waals surface area contributed by atoms with Crippen molar-refractivity contribution in [1.29, 1.82) is 0 Å². The first-order chi connectivity index (χ1) is 40.6. The molecule has 0 saturated carbocycles. The van der Waals surface area contributed by atoms with Crippen LogP contribution < -0.4 is 26.5 Å². The third kappa shape index (κ3) is 15.2. The number of rotatable bonds is 22. The van der Waals surface area contributed by atoms with Crippen LogP contribution in [0.2, 0.25) is 0 Å². The molecule has 7 aromatic rings. The number of carbonyl (C=O) groups is 2. The molecule has 6 heterocycles. The number of halogens is 1. The number of aromatic nitrogens is 6. The number of aromatic amines is 1. The van der Waals surface area contributed by atoms with E-state index in [0.29, 0.717) is 62.7 Å². The summed E-state index contributed by atoms with van der Waals surface area (Å²) >= 11 is 1.49. The molecule has 21 nitrogen and oxygen atoms in total. The maximum atomic E-state index is 17.2. The van der Waals surface area contributed by atoms with Crippen LogP contribution in [-0.2, 0) is 48.2 Å². The summed E-state index contributed by atoms with van der Waals surface area (Å²) < 4.78 is 99.6. The fraction of sp³-hybridized carbons (Fsp3) is 0.397. The Hall–Kier alpha value is -6.30. The number of H-pyrrole nitrogens is 1. The topological polar surface area (TPSA) is 267 Å². The smallest absolute Gasteiger partial charge is 0.390 e. The highest BCUT2D eigenvalue weighted by molar-refractivity contribution is 8.55. The third-order valence-corrected chi connectivity index (χ3v) is 21.7. The van der Waals surface area contributed by atoms with Gasteiger partial charge in [-0.1, -0.05) is 118 Å². The number of ether oxygens (including phenoxy) is 4. The van der Waals surface area contributed by atoms with Crippen LogP contribution in [-0.4, -0.2) is 91.2 Å². The Labute approximate surface area is 491 Å². The lowest BCUT2D eigenvalue weighted by atomic mass is 10.0. The monoisotopic (exact) mass is 1230 g/mol. The molecule has 3 aliphatic rings. The predicted octanol–water partition coefficient (Wildman–Crippen LogP) is 11.7. The molecule has 3 fully saturated rings. The van der Waals surface area contributed by atoms with E-state index in [-0.39, 0.29) is 35.3 Å². The summed E-state index contributed by atoms with van der Waals surface area (Å²) in [5.41, 5.74) is 8.48. The zero-order valence-corrected chi connectivity index (χ0v) is 49.5. The van der Waals surface area contributed by atoms with Crippen molar-refractivity contribution in [1.82, 2.24) is 29.1 Å². The Morgan fingerprint density at radius 1 is 0.714 bits per heavy atom. The van der Waals surface area contributed by atoms with Gasteiger partial charge in [0.05, 0.1) is 31.7 Å². The number of nitrogens with zero attached hydrogens (tertiary/aromatic N) is 5. The number of fused-ring (bicyclic) bond motifs is 4. The Morgan fingerprint density at radius 3 is 2.00 bits per heavy atom. The van der Waals surface area contributed by atoms with Crippen molar-refractivity contribution < 1.29 is 60.2 Å². The van der Waals surface area contributed by atoms with Gasteiger partial charge >= 0.3 is 25.3 Å². The number of benzene rings is 4. The van der Waals surface area contributed by atoms with Gasteiger partial charge in [-0.25, -0.2) is 38.1 Å². The summed E-state index contributed by atoms with van der Waals surface area (Å²) in [6, 6.07) is 28.1. The van der Waals surface area contributed by atoms with Crippen molar-refractivity contribution >= 4 is 65.1 Å². The molecule has 3 N–H and O–H groups in total. The van der Waals surface area contributed by atoms with Gasteiger partial charge in [0.2, 0.25) is 0 Å². The van der Waals surface area contributed by atoms with Crippen molar-refractivity contribution in [2.24, 2.45) is 0 Å². The predicted molar refractivity (Wildman–Crippen MR) is 315 cm³/mol. The van der Waals surface area contributed by atoms with Gasteiger partial charge in [0.1, 0.15) is 54.0 Å². The Kier molecular flexibility index (Phi) is 20.1. The van der Waals surface area contributed by atoms with Crippen LogP contribution in [0.15, 0.2) is 132 Å². The lowest BCUT2D eigenvalue weighted by Crippen LogP contribution is -2.37. The first-order valence-corrected chi connectivity index (χ1v) is 34.0. The zero-order valence-electron chi connectivity index (χ0n) is 46.1. The molecular weight excluding hydrogens is 1160 g/mol. The minimum Gasteiger partial charge on any atom is -0.494 e. The molecule has 3 saturated heterocycles. The highest BCUT2D eigenvalue weighted by Gasteiger charge is 2.53. The largest absolute Gasteiger partial charge is 0.494 e. The number of carbonyl (C=O) groups excluding carboxylic acids is 2. The molecule has 2 unspecified atom stereocenters. The van der Waals surface area contributed by atoms with Crippen LogP contribution in [0.4, 0.5) is 10.2 Å². The van der Waals surface area contributed by atoms with E-state index in [9.17, 15) is 19.2 Å². The number of hydrogen-bond acceptors (Lipinski definition) is 20. The number of aryl methyl sites for hydroxylation is 1. The highest BCUT2D eigenvalue weighted by Crippen LogP contribution is 2.67. The summed E-state index contributed by atoms with van der Waals surface area (Å²) in [5.74, 6) is 0.221. The normalized spacial score (nSPS) is 24.4. The van der Waals surface area contributed by atoms with E-state index in [1.54, 1.807) is 89.5 Å². The number of hydrogen-bond donors (Lipinski definition) is 2. The number of anilines is 1. The lowest BCUT2D eigenvalue weighted by molar-refractivity contribution is -0.0587. The summed E-state index contributed by atoms with van der Waals surface area (Å²) in [6.07, 6.45) is 2.87. The molecule has 0 spiro atoms. The summed E-state index contributed by atoms with van der Waals surface area (Å²) in [6.45, 7) is -5.58. The first-order valence-electron chi connectivity index (χ1n) is 27.7. The molecule has 9 atom stereocenters. The van der Waals surface area contributed by atoms with Crippen LogP contribution in [0, 0.1) is 6.92 Å². The third-order valence-electron chi connectivity index (χ3n) is 14.4. The molecule has 84 heavy (non-hydrogen) atoms. The van der Waals surface area contributed by atoms with E-state index in [4.69, 9.17) is 42.8 Å². The van der Waals surface area contributed by atoms with Crippen molar-refractivity contribution in [3.05, 3.63) is 176 Å². The molecule has 0 aliphatic carbocycles. The van der Waals surface area contributed by atoms with Crippen LogP contribution in [0.5, 0.6) is 11.5 Å². The number of nitrogens with two attached hydrogens (primary N) is 1. The molecule has 0 amide bonds. The molecule has 2 bridgehead atoms. The molecule has 10 rings (SSSR count). The number of imidazole rings is 1. The average Bonchev–Trinajstić information content (AvgIpc) is 4.34. The van der Waals surface area contributed by atoms with Gasteiger partial charge in [-0.05, 0) is 83.6 Å². The van der Waals surface area contributed by atoms with Gasteiger partial charge in [0.25, 0.3) is 5.56 Å². The van der Waals surface area contributed by atoms with Gasteiger partial charge in [0, 0.05) is 41.3 Å². The first kappa shape index (κ1) is 60.8. The van der Waals surface area contributed by atoms with E-state index in [1.165, 1.54) is 51.2 Å². The van der Waals surface area contributed by atoms with Crippen molar-refractivity contribution in [2.75, 3.05) is 25.6 Å². The molecule has 0 radical (unpaired) electrons. The number of ketones is 1. The van der Waals surface area contributed by atoms with Crippen molar-refractivity contribution in [2.45, 2.75) is 126 Å². The van der Waals surface area contributed by atoms with Gasteiger partial charge in [-0.2, -0.15) is 0 Å². The van der Waals surface area contributed by atoms with Crippen molar-refractivity contribution in [3.63, 3.8) is 0 Å². The van der Waals surface area contributed by atoms with Crippen LogP contribution in [0.1, 0.15) is 120 Å². The maximum absolute atomic E-state index is 17.2. The Bertz CT molecular complexity index is 3620. The quantitative estimate of drug-likeness (QED) is 0.0210. The SMILES string of the molecule is CCCCCCCCCCOc1ccc(C(=O)Oc2ccc(CSP3(=O)OC[C@H]4O[C@@H](n5ccc(=O)[nH]c5=O)[C@H](OP(=O)(SCc5ccc(C(=O)c6ccc(C)cc6)cc5)OC[C@H]5O[C@@H](n6cnc7c(N)ncnc76)C[C@@H]5O3)[C@@H]4F)cc2)cc1. The molecule has 3 aliphatic heterocycles. The van der Waals surface area contributed by atoms with E-state index in [1.807, 2.05) is 19.1 Å². The van der Waals surface area contributed by atoms with Crippen LogP contribution in [0.25, 0.3) is 11.2 Å². The van der Waals surface area contributed by atoms with E-state index >= 15 is 13.5 Å². The van der Waals surface area contributed by atoms with Crippen LogP contribution >= 0.6 is 36.4 Å². The second-order valence-corrected chi connectivity index (χ2v) is 28.5. The Balaban J connectivity index is 0.865. The average molecular weight is 1230 g/mol. The zero-order chi connectivity index (χ0) is 58.8. The van der Waals surface area contributed by atoms with E-state index in [0.717, 1.165) is 46.6 Å². The maximum Gasteiger partial charge on any atom is 0.390 e. The second-order valence-electron chi connectivity index (χ2n) is 20.5. The number of nitrogen functional groups attached to an aromatic ring is 1. The molecule has 444 valence electrons. The number of nitrogens with one attached hydrogen (secondary N) is 1. The molecular formula is C58H64FN7O14P2S2. The number of esters is 1. The number of unbranched alkanes of at least 4 members (excludes halogenated alkanes) is 7. The van der Waals surface area contributed by atoms with E-state index in [2.05, 4.69) is 26.9 Å². The molecule has 3 aromatic heterocycles. The second kappa shape index (κ2) is 27.8. The number of alkyl halides is 1. The highest BCUT2D eigenvalue weighted by atomic mass is 32.7. The summed E-state index contributed by atoms with van der Waals surface area (Å²) in [5, 5.41) is 0. The molecule has 26 heteroatoms. The van der Waals surface area contributed by atoms with Gasteiger partial charge in [-0.15, -0.1) is 0 Å². The van der Waals surface area contributed by atoms with Crippen molar-refractivity contribution in [3.8, 4) is 11.5 Å².